The SMILES string of the molecule is C#C[CH2-].[Zn+][Br]. The Morgan fingerprint density at radius 3 is 1.80 bits per heavy atom. The first-order valence-electron chi connectivity index (χ1n) is 0.909. The standard InChI is InChI=1S/C3H3.BrH.Zn/c1-3-2;;/h1H,2H2;1H;/q-1;;+2/p-1. The molecule has 2 heteroatoms. The van der Waals surface area contributed by atoms with E-state index < -0.39 is 0 Å². The van der Waals surface area contributed by atoms with Crippen LogP contribution in [0, 0.1) is 19.3 Å². The third-order valence-electron chi connectivity index (χ3n) is 0. The van der Waals surface area contributed by atoms with Crippen molar-refractivity contribution in [3.8, 4) is 12.3 Å². The van der Waals surface area contributed by atoms with Crippen LogP contribution in [0.2, 0.25) is 0 Å². The molecule has 0 fully saturated rings. The quantitative estimate of drug-likeness (QED) is 0.302. The number of rotatable bonds is 0. The van der Waals surface area contributed by atoms with E-state index in [0.717, 1.165) is 0 Å². The van der Waals surface area contributed by atoms with Crippen LogP contribution in [-0.2, 0) is 16.3 Å². The van der Waals surface area contributed by atoms with Gasteiger partial charge in [0.15, 0.2) is 0 Å². The molecule has 0 heterocycles. The van der Waals surface area contributed by atoms with E-state index in [1.54, 1.807) is 0 Å². The second kappa shape index (κ2) is 24.1. The minimum atomic E-state index is 1.19. The monoisotopic (exact) mass is 182 g/mol. The Morgan fingerprint density at radius 1 is 1.80 bits per heavy atom. The first kappa shape index (κ1) is 9.11. The van der Waals surface area contributed by atoms with E-state index in [4.69, 9.17) is 0 Å². The predicted molar refractivity (Wildman–Crippen MR) is 23.1 cm³/mol. The Kier molecular flexibility index (Phi) is 43.9. The van der Waals surface area contributed by atoms with E-state index in [1.807, 2.05) is 5.92 Å². The fourth-order valence-corrected chi connectivity index (χ4v) is 0. The van der Waals surface area contributed by atoms with Crippen molar-refractivity contribution in [3.05, 3.63) is 6.92 Å². The van der Waals surface area contributed by atoms with Gasteiger partial charge in [-0.05, 0) is 0 Å². The second-order valence-electron chi connectivity index (χ2n) is 0.204. The summed E-state index contributed by atoms with van der Waals surface area (Å²) in [5.41, 5.74) is 0. The Balaban J connectivity index is 0. The summed E-state index contributed by atoms with van der Waals surface area (Å²) in [6.07, 6.45) is 4.49. The molecule has 0 aromatic rings. The van der Waals surface area contributed by atoms with Gasteiger partial charge in [0.2, 0.25) is 0 Å². The van der Waals surface area contributed by atoms with Crippen molar-refractivity contribution in [3.63, 3.8) is 0 Å². The van der Waals surface area contributed by atoms with Crippen LogP contribution < -0.4 is 0 Å². The molecule has 0 atom stereocenters. The maximum atomic E-state index is 4.49. The summed E-state index contributed by atoms with van der Waals surface area (Å²) in [5, 5.41) is 0. The van der Waals surface area contributed by atoms with E-state index in [1.165, 1.54) is 16.3 Å². The molecule has 0 aliphatic rings. The van der Waals surface area contributed by atoms with Gasteiger partial charge in [-0.25, -0.2) is 0 Å². The zero-order valence-corrected chi connectivity index (χ0v) is 7.42. The van der Waals surface area contributed by atoms with Crippen LogP contribution in [0.3, 0.4) is 0 Å². The molecule has 0 nitrogen and oxygen atoms in total. The summed E-state index contributed by atoms with van der Waals surface area (Å²) in [6.45, 7) is 3.01. The zero-order valence-electron chi connectivity index (χ0n) is 2.87. The van der Waals surface area contributed by atoms with Gasteiger partial charge >= 0.3 is 30.0 Å². The summed E-state index contributed by atoms with van der Waals surface area (Å²) in [5.74, 6) is 2.00. The number of hydrogen-bond donors (Lipinski definition) is 0. The van der Waals surface area contributed by atoms with Crippen LogP contribution in [0.25, 0.3) is 0 Å². The van der Waals surface area contributed by atoms with Gasteiger partial charge in [0, 0.05) is 0 Å². The summed E-state index contributed by atoms with van der Waals surface area (Å²) in [7, 11) is 0. The third-order valence-corrected chi connectivity index (χ3v) is 0. The van der Waals surface area contributed by atoms with Crippen molar-refractivity contribution in [2.24, 2.45) is 0 Å². The molecule has 0 aromatic heterocycles. The molecule has 0 aliphatic carbocycles. The molecule has 0 aliphatic heterocycles. The molecule has 0 amide bonds. The summed E-state index contributed by atoms with van der Waals surface area (Å²) in [6, 6.07) is 0. The molecular formula is C3H3BrZn. The molecule has 0 spiro atoms. The van der Waals surface area contributed by atoms with E-state index in [2.05, 4.69) is 27.0 Å². The summed E-state index contributed by atoms with van der Waals surface area (Å²) >= 11 is 4.25. The van der Waals surface area contributed by atoms with Gasteiger partial charge < -0.3 is 12.3 Å². The van der Waals surface area contributed by atoms with Crippen molar-refractivity contribution in [2.45, 2.75) is 0 Å². The molecular weight excluding hydrogens is 181 g/mol. The van der Waals surface area contributed by atoms with Crippen LogP contribution in [-0.4, -0.2) is 0 Å². The number of terminal acetylenes is 1. The number of hydrogen-bond acceptors (Lipinski definition) is 0. The van der Waals surface area contributed by atoms with Gasteiger partial charge in [-0.3, -0.25) is 0 Å². The zero-order chi connectivity index (χ0) is 4.71. The van der Waals surface area contributed by atoms with Crippen molar-refractivity contribution in [1.82, 2.24) is 0 Å². The average Bonchev–Trinajstić information content (AvgIpc) is 1.46. The van der Waals surface area contributed by atoms with Crippen molar-refractivity contribution in [2.75, 3.05) is 0 Å². The van der Waals surface area contributed by atoms with Gasteiger partial charge in [-0.1, -0.05) is 0 Å². The molecule has 0 saturated carbocycles. The van der Waals surface area contributed by atoms with E-state index in [0.29, 0.717) is 0 Å². The molecule has 0 aromatic carbocycles. The molecule has 5 heavy (non-hydrogen) atoms. The first-order chi connectivity index (χ1) is 2.41. The van der Waals surface area contributed by atoms with Crippen LogP contribution in [0.4, 0.5) is 0 Å². The van der Waals surface area contributed by atoms with Gasteiger partial charge in [-0.15, -0.1) is 0 Å². The fraction of sp³-hybridized carbons (Fsp3) is 0. The van der Waals surface area contributed by atoms with Crippen LogP contribution in [0.5, 0.6) is 0 Å². The summed E-state index contributed by atoms with van der Waals surface area (Å²) < 4.78 is 0. The van der Waals surface area contributed by atoms with Gasteiger partial charge in [0.05, 0.1) is 0 Å². The van der Waals surface area contributed by atoms with Crippen molar-refractivity contribution >= 4 is 13.6 Å². The van der Waals surface area contributed by atoms with Crippen LogP contribution in [0.15, 0.2) is 0 Å². The molecule has 0 radical (unpaired) electrons. The normalized spacial score (nSPS) is 2.80. The molecule has 0 bridgehead atoms. The van der Waals surface area contributed by atoms with Crippen molar-refractivity contribution < 1.29 is 16.3 Å². The molecule has 0 unspecified atom stereocenters. The maximum absolute atomic E-state index is 4.49. The van der Waals surface area contributed by atoms with E-state index >= 15 is 0 Å². The third kappa shape index (κ3) is 102. The van der Waals surface area contributed by atoms with E-state index in [9.17, 15) is 0 Å². The van der Waals surface area contributed by atoms with Gasteiger partial charge in [0.25, 0.3) is 0 Å². The fourth-order valence-electron chi connectivity index (χ4n) is 0. The Labute approximate surface area is 49.4 Å². The van der Waals surface area contributed by atoms with Crippen LogP contribution >= 0.6 is 13.6 Å². The predicted octanol–water partition coefficient (Wildman–Crippen LogP) is 1.30. The first-order valence-corrected chi connectivity index (χ1v) is 7.86. The summed E-state index contributed by atoms with van der Waals surface area (Å²) in [4.78, 5) is 0. The van der Waals surface area contributed by atoms with Crippen LogP contribution in [0.1, 0.15) is 0 Å². The van der Waals surface area contributed by atoms with Gasteiger partial charge in [0.1, 0.15) is 0 Å². The Morgan fingerprint density at radius 2 is 1.80 bits per heavy atom. The average molecular weight is 184 g/mol. The molecule has 0 rings (SSSR count). The molecule has 0 saturated heterocycles. The Bertz CT molecular complexity index is 28.4. The van der Waals surface area contributed by atoms with E-state index in [-0.39, 0.29) is 0 Å². The number of halogens is 1. The Hall–Kier alpha value is 0.533. The molecule has 24 valence electrons. The van der Waals surface area contributed by atoms with Crippen molar-refractivity contribution in [1.29, 1.82) is 0 Å². The molecule has 0 N–H and O–H groups in total. The minimum absolute atomic E-state index is 1.19. The van der Waals surface area contributed by atoms with Gasteiger partial charge in [-0.2, -0.15) is 6.92 Å². The second-order valence-corrected chi connectivity index (χ2v) is 0.204. The topological polar surface area (TPSA) is 0 Å².